The topological polar surface area (TPSA) is 68.0 Å². The van der Waals surface area contributed by atoms with E-state index in [1.807, 2.05) is 19.1 Å². The maximum atomic E-state index is 12.3. The highest BCUT2D eigenvalue weighted by molar-refractivity contribution is 6.31. The van der Waals surface area contributed by atoms with Crippen molar-refractivity contribution in [1.29, 1.82) is 0 Å². The molecule has 3 rings (SSSR count). The lowest BCUT2D eigenvalue weighted by atomic mass is 10.1. The third-order valence-corrected chi connectivity index (χ3v) is 3.77. The lowest BCUT2D eigenvalue weighted by Gasteiger charge is -2.07. The van der Waals surface area contributed by atoms with Crippen LogP contribution in [0.4, 0.5) is 5.69 Å². The number of aromatic nitrogens is 2. The molecule has 0 saturated heterocycles. The van der Waals surface area contributed by atoms with Crippen LogP contribution in [-0.4, -0.2) is 16.0 Å². The van der Waals surface area contributed by atoms with Gasteiger partial charge in [-0.15, -0.1) is 0 Å². The Morgan fingerprint density at radius 1 is 1.13 bits per heavy atom. The molecule has 1 heterocycles. The number of hydrogen-bond donors (Lipinski definition) is 1. The molecular weight excluding hydrogens is 314 g/mol. The minimum Gasteiger partial charge on any atom is -0.339 e. The lowest BCUT2D eigenvalue weighted by molar-refractivity contribution is 0.102. The smallest absolute Gasteiger partial charge is 0.255 e. The van der Waals surface area contributed by atoms with E-state index in [0.29, 0.717) is 28.0 Å². The van der Waals surface area contributed by atoms with Crippen molar-refractivity contribution in [3.8, 4) is 11.4 Å². The zero-order chi connectivity index (χ0) is 16.4. The van der Waals surface area contributed by atoms with Crippen LogP contribution < -0.4 is 5.32 Å². The summed E-state index contributed by atoms with van der Waals surface area (Å²) in [5.74, 6) is 0.790. The molecule has 0 bridgehead atoms. The average molecular weight is 328 g/mol. The van der Waals surface area contributed by atoms with Gasteiger partial charge in [-0.3, -0.25) is 4.79 Å². The first-order chi connectivity index (χ1) is 11.0. The van der Waals surface area contributed by atoms with E-state index in [9.17, 15) is 4.79 Å². The van der Waals surface area contributed by atoms with Crippen molar-refractivity contribution < 1.29 is 9.32 Å². The SMILES string of the molecule is Cc1nc(-c2ccc(C(=O)Nc3ccc(C)c(Cl)c3)cc2)no1. The van der Waals surface area contributed by atoms with Gasteiger partial charge >= 0.3 is 0 Å². The molecule has 1 N–H and O–H groups in total. The van der Waals surface area contributed by atoms with Crippen LogP contribution in [-0.2, 0) is 0 Å². The van der Waals surface area contributed by atoms with Gasteiger partial charge in [-0.1, -0.05) is 35.0 Å². The standard InChI is InChI=1S/C17H14ClN3O2/c1-10-3-8-14(9-15(10)18)20-17(22)13-6-4-12(5-7-13)16-19-11(2)23-21-16/h3-9H,1-2H3,(H,20,22). The van der Waals surface area contributed by atoms with Crippen LogP contribution in [0.15, 0.2) is 47.0 Å². The number of nitrogens with one attached hydrogen (secondary N) is 1. The fourth-order valence-corrected chi connectivity index (χ4v) is 2.24. The summed E-state index contributed by atoms with van der Waals surface area (Å²) in [4.78, 5) is 16.4. The second kappa shape index (κ2) is 6.22. The van der Waals surface area contributed by atoms with Crippen LogP contribution in [0, 0.1) is 13.8 Å². The van der Waals surface area contributed by atoms with Gasteiger partial charge in [-0.25, -0.2) is 0 Å². The molecule has 0 aliphatic carbocycles. The molecule has 0 atom stereocenters. The Morgan fingerprint density at radius 3 is 2.48 bits per heavy atom. The van der Waals surface area contributed by atoms with E-state index >= 15 is 0 Å². The number of carbonyl (C=O) groups is 1. The van der Waals surface area contributed by atoms with Gasteiger partial charge in [0, 0.05) is 28.8 Å². The molecule has 5 nitrogen and oxygen atoms in total. The molecule has 6 heteroatoms. The first kappa shape index (κ1) is 15.2. The number of anilines is 1. The molecule has 1 aromatic heterocycles. The first-order valence-corrected chi connectivity index (χ1v) is 7.39. The molecule has 0 radical (unpaired) electrons. The number of benzene rings is 2. The second-order valence-electron chi connectivity index (χ2n) is 5.13. The largest absolute Gasteiger partial charge is 0.339 e. The Labute approximate surface area is 138 Å². The lowest BCUT2D eigenvalue weighted by Crippen LogP contribution is -2.11. The van der Waals surface area contributed by atoms with Crippen molar-refractivity contribution >= 4 is 23.2 Å². The number of nitrogens with zero attached hydrogens (tertiary/aromatic N) is 2. The molecule has 2 aromatic carbocycles. The minimum atomic E-state index is -0.208. The minimum absolute atomic E-state index is 0.208. The van der Waals surface area contributed by atoms with Gasteiger partial charge in [-0.05, 0) is 36.8 Å². The highest BCUT2D eigenvalue weighted by Crippen LogP contribution is 2.21. The molecule has 0 fully saturated rings. The summed E-state index contributed by atoms with van der Waals surface area (Å²) in [6.07, 6.45) is 0. The molecule has 0 spiro atoms. The number of carbonyl (C=O) groups excluding carboxylic acids is 1. The normalized spacial score (nSPS) is 10.6. The molecular formula is C17H14ClN3O2. The summed E-state index contributed by atoms with van der Waals surface area (Å²) >= 11 is 6.06. The van der Waals surface area contributed by atoms with Crippen LogP contribution in [0.3, 0.4) is 0 Å². The summed E-state index contributed by atoms with van der Waals surface area (Å²) in [6.45, 7) is 3.64. The zero-order valence-electron chi connectivity index (χ0n) is 12.6. The fraction of sp³-hybridized carbons (Fsp3) is 0.118. The van der Waals surface area contributed by atoms with Crippen molar-refractivity contribution in [2.45, 2.75) is 13.8 Å². The Kier molecular flexibility index (Phi) is 4.12. The Bertz CT molecular complexity index is 857. The molecule has 3 aromatic rings. The van der Waals surface area contributed by atoms with E-state index in [1.165, 1.54) is 0 Å². The summed E-state index contributed by atoms with van der Waals surface area (Å²) < 4.78 is 4.94. The van der Waals surface area contributed by atoms with Gasteiger partial charge < -0.3 is 9.84 Å². The molecule has 1 amide bonds. The number of halogens is 1. The molecule has 23 heavy (non-hydrogen) atoms. The molecule has 0 aliphatic heterocycles. The van der Waals surface area contributed by atoms with Crippen LogP contribution in [0.25, 0.3) is 11.4 Å². The highest BCUT2D eigenvalue weighted by atomic mass is 35.5. The molecule has 116 valence electrons. The van der Waals surface area contributed by atoms with Crippen molar-refractivity contribution in [2.75, 3.05) is 5.32 Å². The van der Waals surface area contributed by atoms with Gasteiger partial charge in [0.2, 0.25) is 11.7 Å². The van der Waals surface area contributed by atoms with Crippen LogP contribution >= 0.6 is 11.6 Å². The second-order valence-corrected chi connectivity index (χ2v) is 5.54. The van der Waals surface area contributed by atoms with Gasteiger partial charge in [0.05, 0.1) is 0 Å². The van der Waals surface area contributed by atoms with Crippen molar-refractivity contribution in [1.82, 2.24) is 10.1 Å². The predicted octanol–water partition coefficient (Wildman–Crippen LogP) is 4.26. The third kappa shape index (κ3) is 3.40. The van der Waals surface area contributed by atoms with E-state index in [-0.39, 0.29) is 5.91 Å². The Hall–Kier alpha value is -2.66. The maximum absolute atomic E-state index is 12.3. The number of amides is 1. The van der Waals surface area contributed by atoms with Gasteiger partial charge in [0.15, 0.2) is 0 Å². The van der Waals surface area contributed by atoms with Gasteiger partial charge in [0.25, 0.3) is 5.91 Å². The predicted molar refractivity (Wildman–Crippen MR) is 88.6 cm³/mol. The summed E-state index contributed by atoms with van der Waals surface area (Å²) in [5, 5.41) is 7.28. The summed E-state index contributed by atoms with van der Waals surface area (Å²) in [5.41, 5.74) is 2.94. The molecule has 0 unspecified atom stereocenters. The van der Waals surface area contributed by atoms with E-state index in [0.717, 1.165) is 11.1 Å². The van der Waals surface area contributed by atoms with E-state index in [1.54, 1.807) is 37.3 Å². The van der Waals surface area contributed by atoms with Gasteiger partial charge in [-0.2, -0.15) is 4.98 Å². The Balaban J connectivity index is 1.76. The quantitative estimate of drug-likeness (QED) is 0.780. The van der Waals surface area contributed by atoms with Crippen LogP contribution in [0.2, 0.25) is 5.02 Å². The number of aryl methyl sites for hydroxylation is 2. The summed E-state index contributed by atoms with van der Waals surface area (Å²) in [6, 6.07) is 12.4. The van der Waals surface area contributed by atoms with Crippen molar-refractivity contribution in [2.24, 2.45) is 0 Å². The third-order valence-electron chi connectivity index (χ3n) is 3.36. The molecule has 0 aliphatic rings. The number of hydrogen-bond acceptors (Lipinski definition) is 4. The van der Waals surface area contributed by atoms with Crippen LogP contribution in [0.5, 0.6) is 0 Å². The van der Waals surface area contributed by atoms with Crippen molar-refractivity contribution in [3.63, 3.8) is 0 Å². The van der Waals surface area contributed by atoms with Gasteiger partial charge in [0.1, 0.15) is 0 Å². The zero-order valence-corrected chi connectivity index (χ0v) is 13.4. The Morgan fingerprint density at radius 2 is 1.87 bits per heavy atom. The van der Waals surface area contributed by atoms with E-state index < -0.39 is 0 Å². The summed E-state index contributed by atoms with van der Waals surface area (Å²) in [7, 11) is 0. The number of rotatable bonds is 3. The van der Waals surface area contributed by atoms with E-state index in [2.05, 4.69) is 15.5 Å². The highest BCUT2D eigenvalue weighted by Gasteiger charge is 2.09. The monoisotopic (exact) mass is 327 g/mol. The average Bonchev–Trinajstić information content (AvgIpc) is 2.97. The van der Waals surface area contributed by atoms with Crippen molar-refractivity contribution in [3.05, 3.63) is 64.5 Å². The van der Waals surface area contributed by atoms with Crippen LogP contribution in [0.1, 0.15) is 21.8 Å². The maximum Gasteiger partial charge on any atom is 0.255 e. The molecule has 0 saturated carbocycles. The first-order valence-electron chi connectivity index (χ1n) is 7.01. The fourth-order valence-electron chi connectivity index (χ4n) is 2.06. The van der Waals surface area contributed by atoms with E-state index in [4.69, 9.17) is 16.1 Å².